The summed E-state index contributed by atoms with van der Waals surface area (Å²) in [5.41, 5.74) is 6.69. The molecule has 2 aromatic rings. The van der Waals surface area contributed by atoms with Crippen molar-refractivity contribution in [2.24, 2.45) is 5.73 Å². The zero-order valence-electron chi connectivity index (χ0n) is 9.43. The maximum Gasteiger partial charge on any atom is 0.152 e. The summed E-state index contributed by atoms with van der Waals surface area (Å²) in [6.45, 7) is 2.91. The van der Waals surface area contributed by atoms with Gasteiger partial charge in [0.2, 0.25) is 0 Å². The van der Waals surface area contributed by atoms with Gasteiger partial charge in [0.25, 0.3) is 0 Å². The standard InChI is InChI=1S/C11H17N5/c1-9(12)3-2-5-13-11-10-4-6-15-16(10)8-7-14-11/h4,6-9H,2-3,5,12H2,1H3,(H,13,14). The Kier molecular flexibility index (Phi) is 3.36. The third-order valence-electron chi connectivity index (χ3n) is 2.45. The molecule has 0 saturated carbocycles. The van der Waals surface area contributed by atoms with E-state index in [1.807, 2.05) is 19.2 Å². The third-order valence-corrected chi connectivity index (χ3v) is 2.45. The van der Waals surface area contributed by atoms with E-state index in [1.54, 1.807) is 16.9 Å². The predicted octanol–water partition coefficient (Wildman–Crippen LogP) is 1.27. The number of fused-ring (bicyclic) bond motifs is 1. The molecule has 0 aliphatic heterocycles. The van der Waals surface area contributed by atoms with E-state index in [0.29, 0.717) is 0 Å². The van der Waals surface area contributed by atoms with E-state index < -0.39 is 0 Å². The number of nitrogens with two attached hydrogens (primary N) is 1. The van der Waals surface area contributed by atoms with Crippen molar-refractivity contribution in [3.8, 4) is 0 Å². The van der Waals surface area contributed by atoms with Crippen LogP contribution in [0.15, 0.2) is 24.7 Å². The van der Waals surface area contributed by atoms with Gasteiger partial charge in [-0.15, -0.1) is 0 Å². The Bertz CT molecular complexity index is 448. The fourth-order valence-corrected chi connectivity index (χ4v) is 1.62. The molecule has 86 valence electrons. The van der Waals surface area contributed by atoms with Gasteiger partial charge in [-0.2, -0.15) is 5.10 Å². The van der Waals surface area contributed by atoms with E-state index in [-0.39, 0.29) is 6.04 Å². The highest BCUT2D eigenvalue weighted by Crippen LogP contribution is 2.12. The molecule has 16 heavy (non-hydrogen) atoms. The van der Waals surface area contributed by atoms with Crippen molar-refractivity contribution in [3.63, 3.8) is 0 Å². The largest absolute Gasteiger partial charge is 0.368 e. The first-order chi connectivity index (χ1) is 7.77. The molecular weight excluding hydrogens is 202 g/mol. The summed E-state index contributed by atoms with van der Waals surface area (Å²) < 4.78 is 1.81. The SMILES string of the molecule is CC(N)CCCNc1nccn2nccc12. The van der Waals surface area contributed by atoms with Gasteiger partial charge in [0.1, 0.15) is 5.52 Å². The van der Waals surface area contributed by atoms with Crippen molar-refractivity contribution in [2.45, 2.75) is 25.8 Å². The summed E-state index contributed by atoms with van der Waals surface area (Å²) in [5, 5.41) is 7.45. The third kappa shape index (κ3) is 2.49. The minimum absolute atomic E-state index is 0.264. The summed E-state index contributed by atoms with van der Waals surface area (Å²) in [5.74, 6) is 0.879. The van der Waals surface area contributed by atoms with E-state index >= 15 is 0 Å². The fourth-order valence-electron chi connectivity index (χ4n) is 1.62. The summed E-state index contributed by atoms with van der Waals surface area (Å²) in [4.78, 5) is 4.29. The number of nitrogens with zero attached hydrogens (tertiary/aromatic N) is 3. The summed E-state index contributed by atoms with van der Waals surface area (Å²) in [7, 11) is 0. The van der Waals surface area contributed by atoms with Crippen LogP contribution in [0.4, 0.5) is 5.82 Å². The van der Waals surface area contributed by atoms with Crippen LogP contribution < -0.4 is 11.1 Å². The van der Waals surface area contributed by atoms with Crippen LogP contribution >= 0.6 is 0 Å². The van der Waals surface area contributed by atoms with E-state index in [4.69, 9.17) is 5.73 Å². The Morgan fingerprint density at radius 2 is 2.38 bits per heavy atom. The monoisotopic (exact) mass is 219 g/mol. The average Bonchev–Trinajstić information content (AvgIpc) is 2.72. The first-order valence-corrected chi connectivity index (χ1v) is 5.55. The van der Waals surface area contributed by atoms with E-state index in [2.05, 4.69) is 15.4 Å². The Hall–Kier alpha value is -1.62. The first kappa shape index (κ1) is 10.9. The van der Waals surface area contributed by atoms with Crippen molar-refractivity contribution in [3.05, 3.63) is 24.7 Å². The molecule has 2 aromatic heterocycles. The Balaban J connectivity index is 1.96. The van der Waals surface area contributed by atoms with E-state index in [1.165, 1.54) is 0 Å². The smallest absolute Gasteiger partial charge is 0.152 e. The Labute approximate surface area is 94.7 Å². The van der Waals surface area contributed by atoms with Crippen LogP contribution in [-0.2, 0) is 0 Å². The van der Waals surface area contributed by atoms with Crippen LogP contribution in [0.2, 0.25) is 0 Å². The number of rotatable bonds is 5. The number of anilines is 1. The van der Waals surface area contributed by atoms with Crippen LogP contribution in [0.3, 0.4) is 0 Å². The predicted molar refractivity (Wildman–Crippen MR) is 64.4 cm³/mol. The molecule has 5 nitrogen and oxygen atoms in total. The van der Waals surface area contributed by atoms with Crippen molar-refractivity contribution in [1.82, 2.24) is 14.6 Å². The van der Waals surface area contributed by atoms with Crippen LogP contribution in [0, 0.1) is 0 Å². The van der Waals surface area contributed by atoms with E-state index in [9.17, 15) is 0 Å². The molecule has 0 bridgehead atoms. The number of hydrogen-bond acceptors (Lipinski definition) is 4. The maximum atomic E-state index is 5.69. The molecule has 5 heteroatoms. The summed E-state index contributed by atoms with van der Waals surface area (Å²) >= 11 is 0. The lowest BCUT2D eigenvalue weighted by atomic mass is 10.2. The van der Waals surface area contributed by atoms with Gasteiger partial charge in [-0.1, -0.05) is 0 Å². The maximum absolute atomic E-state index is 5.69. The lowest BCUT2D eigenvalue weighted by Crippen LogP contribution is -2.16. The molecule has 0 radical (unpaired) electrons. The topological polar surface area (TPSA) is 68.2 Å². The molecule has 0 amide bonds. The molecular formula is C11H17N5. The van der Waals surface area contributed by atoms with Crippen molar-refractivity contribution < 1.29 is 0 Å². The van der Waals surface area contributed by atoms with Gasteiger partial charge in [-0.25, -0.2) is 9.50 Å². The minimum atomic E-state index is 0.264. The molecule has 2 rings (SSSR count). The first-order valence-electron chi connectivity index (χ1n) is 5.55. The van der Waals surface area contributed by atoms with Crippen LogP contribution in [0.25, 0.3) is 5.52 Å². The van der Waals surface area contributed by atoms with E-state index in [0.717, 1.165) is 30.7 Å². The number of aromatic nitrogens is 3. The van der Waals surface area contributed by atoms with Crippen LogP contribution in [-0.4, -0.2) is 27.2 Å². The summed E-state index contributed by atoms with van der Waals surface area (Å²) in [6, 6.07) is 2.21. The van der Waals surface area contributed by atoms with Crippen molar-refractivity contribution in [1.29, 1.82) is 0 Å². The second-order valence-corrected chi connectivity index (χ2v) is 3.98. The van der Waals surface area contributed by atoms with Gasteiger partial charge in [-0.05, 0) is 25.8 Å². The quantitative estimate of drug-likeness (QED) is 0.743. The molecule has 0 saturated heterocycles. The molecule has 1 unspecified atom stereocenters. The highest BCUT2D eigenvalue weighted by molar-refractivity contribution is 5.66. The van der Waals surface area contributed by atoms with Gasteiger partial charge < -0.3 is 11.1 Å². The Morgan fingerprint density at radius 3 is 3.19 bits per heavy atom. The van der Waals surface area contributed by atoms with Gasteiger partial charge in [-0.3, -0.25) is 0 Å². The molecule has 0 aromatic carbocycles. The molecule has 0 aliphatic rings. The van der Waals surface area contributed by atoms with Gasteiger partial charge >= 0.3 is 0 Å². The highest BCUT2D eigenvalue weighted by atomic mass is 15.2. The average molecular weight is 219 g/mol. The molecule has 1 atom stereocenters. The molecule has 0 fully saturated rings. The zero-order valence-corrected chi connectivity index (χ0v) is 9.43. The molecule has 3 N–H and O–H groups in total. The summed E-state index contributed by atoms with van der Waals surface area (Å²) in [6.07, 6.45) is 7.42. The zero-order chi connectivity index (χ0) is 11.4. The van der Waals surface area contributed by atoms with Gasteiger partial charge in [0.05, 0.1) is 6.20 Å². The normalized spacial score (nSPS) is 12.9. The van der Waals surface area contributed by atoms with Gasteiger partial charge in [0, 0.05) is 25.0 Å². The Morgan fingerprint density at radius 1 is 1.50 bits per heavy atom. The second-order valence-electron chi connectivity index (χ2n) is 3.98. The lowest BCUT2D eigenvalue weighted by Gasteiger charge is -2.08. The fraction of sp³-hybridized carbons (Fsp3) is 0.455. The van der Waals surface area contributed by atoms with Crippen LogP contribution in [0.1, 0.15) is 19.8 Å². The lowest BCUT2D eigenvalue weighted by molar-refractivity contribution is 0.639. The highest BCUT2D eigenvalue weighted by Gasteiger charge is 2.01. The second kappa shape index (κ2) is 4.94. The number of hydrogen-bond donors (Lipinski definition) is 2. The molecule has 0 spiro atoms. The van der Waals surface area contributed by atoms with Gasteiger partial charge in [0.15, 0.2) is 5.82 Å². The molecule has 0 aliphatic carbocycles. The minimum Gasteiger partial charge on any atom is -0.368 e. The van der Waals surface area contributed by atoms with Crippen molar-refractivity contribution >= 4 is 11.3 Å². The van der Waals surface area contributed by atoms with Crippen molar-refractivity contribution in [2.75, 3.05) is 11.9 Å². The van der Waals surface area contributed by atoms with Crippen LogP contribution in [0.5, 0.6) is 0 Å². The molecule has 2 heterocycles. The number of nitrogens with one attached hydrogen (secondary N) is 1.